The number of carbonyl (C=O) groups excluding carboxylic acids is 2. The summed E-state index contributed by atoms with van der Waals surface area (Å²) in [6, 6.07) is 4.33. The first-order valence-corrected chi connectivity index (χ1v) is 11.8. The summed E-state index contributed by atoms with van der Waals surface area (Å²) in [5.41, 5.74) is 0.988. The van der Waals surface area contributed by atoms with E-state index in [4.69, 9.17) is 9.47 Å². The van der Waals surface area contributed by atoms with E-state index in [0.717, 1.165) is 54.3 Å². The summed E-state index contributed by atoms with van der Waals surface area (Å²) in [7, 11) is 0. The van der Waals surface area contributed by atoms with Gasteiger partial charge in [-0.15, -0.1) is 11.3 Å². The van der Waals surface area contributed by atoms with Crippen LogP contribution in [-0.2, 0) is 24.3 Å². The summed E-state index contributed by atoms with van der Waals surface area (Å²) >= 11 is 1.37. The maximum absolute atomic E-state index is 13.5. The number of rotatable bonds is 8. The molecule has 35 heavy (non-hydrogen) atoms. The molecule has 12 heteroatoms. The van der Waals surface area contributed by atoms with Gasteiger partial charge >= 0.3 is 11.7 Å². The molecular formula is C23H23FN4O6S. The van der Waals surface area contributed by atoms with E-state index < -0.39 is 22.6 Å². The number of amides is 1. The van der Waals surface area contributed by atoms with Gasteiger partial charge in [0.05, 0.1) is 16.6 Å². The molecule has 0 bridgehead atoms. The lowest BCUT2D eigenvalue weighted by molar-refractivity contribution is -0.386. The van der Waals surface area contributed by atoms with E-state index in [-0.39, 0.29) is 30.0 Å². The number of hydrogen-bond donors (Lipinski definition) is 1. The average Bonchev–Trinajstić information content (AvgIpc) is 3.41. The second-order valence-electron chi connectivity index (χ2n) is 8.21. The molecule has 1 aliphatic carbocycles. The molecule has 184 valence electrons. The number of halogens is 1. The number of hydrogen-bond acceptors (Lipinski definition) is 8. The molecule has 1 amide bonds. The second kappa shape index (κ2) is 10.2. The van der Waals surface area contributed by atoms with E-state index >= 15 is 0 Å². The number of nitrogens with zero attached hydrogens (tertiary/aromatic N) is 3. The molecule has 0 saturated heterocycles. The van der Waals surface area contributed by atoms with Gasteiger partial charge in [-0.05, 0) is 57.2 Å². The van der Waals surface area contributed by atoms with E-state index in [2.05, 4.69) is 10.4 Å². The molecule has 2 aromatic heterocycles. The van der Waals surface area contributed by atoms with Gasteiger partial charge in [-0.25, -0.2) is 13.9 Å². The smallest absolute Gasteiger partial charge is 0.341 e. The van der Waals surface area contributed by atoms with Crippen molar-refractivity contribution in [2.24, 2.45) is 0 Å². The molecule has 1 aliphatic rings. The number of carbonyl (C=O) groups is 2. The second-order valence-corrected chi connectivity index (χ2v) is 9.31. The average molecular weight is 503 g/mol. The van der Waals surface area contributed by atoms with Crippen LogP contribution in [0.25, 0.3) is 0 Å². The molecule has 1 N–H and O–H groups in total. The third kappa shape index (κ3) is 5.48. The van der Waals surface area contributed by atoms with Gasteiger partial charge in [0.2, 0.25) is 5.75 Å². The first-order chi connectivity index (χ1) is 16.7. The van der Waals surface area contributed by atoms with Gasteiger partial charge in [0.1, 0.15) is 10.8 Å². The fraction of sp³-hybridized carbons (Fsp3) is 0.348. The van der Waals surface area contributed by atoms with E-state index in [9.17, 15) is 24.1 Å². The summed E-state index contributed by atoms with van der Waals surface area (Å²) in [5, 5.41) is 18.4. The predicted octanol–water partition coefficient (Wildman–Crippen LogP) is 4.72. The van der Waals surface area contributed by atoms with Crippen LogP contribution in [0, 0.1) is 15.9 Å². The molecule has 0 spiro atoms. The summed E-state index contributed by atoms with van der Waals surface area (Å²) in [6.07, 6.45) is 4.74. The van der Waals surface area contributed by atoms with Crippen LogP contribution in [-0.4, -0.2) is 32.7 Å². The molecule has 0 unspecified atom stereocenters. The van der Waals surface area contributed by atoms with E-state index in [1.54, 1.807) is 13.8 Å². The van der Waals surface area contributed by atoms with E-state index in [1.807, 2.05) is 0 Å². The molecule has 4 rings (SSSR count). The Morgan fingerprint density at radius 1 is 1.29 bits per heavy atom. The minimum Gasteiger partial charge on any atom is -0.464 e. The summed E-state index contributed by atoms with van der Waals surface area (Å²) < 4.78 is 25.5. The number of nitrogens with one attached hydrogen (secondary N) is 1. The van der Waals surface area contributed by atoms with Crippen molar-refractivity contribution in [3.05, 3.63) is 68.1 Å². The standard InChI is InChI=1S/C23H23FN4O6S/c1-13(2)34-23(30)20-15-5-3-4-6-19(15)35-22(20)25-21(29)16-9-10-27(26-16)12-33-18-11-14(24)7-8-17(18)28(31)32/h7-11,13H,3-6,12H2,1-2H3,(H,25,29). The van der Waals surface area contributed by atoms with Crippen molar-refractivity contribution in [2.75, 3.05) is 5.32 Å². The highest BCUT2D eigenvalue weighted by molar-refractivity contribution is 7.17. The lowest BCUT2D eigenvalue weighted by Gasteiger charge is -2.14. The molecule has 0 atom stereocenters. The Labute approximate surface area is 203 Å². The van der Waals surface area contributed by atoms with Crippen LogP contribution in [0.3, 0.4) is 0 Å². The van der Waals surface area contributed by atoms with Crippen LogP contribution in [0.4, 0.5) is 15.1 Å². The molecule has 0 saturated carbocycles. The molecule has 1 aromatic carbocycles. The normalized spacial score (nSPS) is 12.8. The van der Waals surface area contributed by atoms with E-state index in [0.29, 0.717) is 10.6 Å². The molecular weight excluding hydrogens is 479 g/mol. The summed E-state index contributed by atoms with van der Waals surface area (Å²) in [6.45, 7) is 3.25. The Kier molecular flexibility index (Phi) is 7.10. The number of aryl methyl sites for hydroxylation is 1. The van der Waals surface area contributed by atoms with Crippen molar-refractivity contribution in [1.29, 1.82) is 0 Å². The molecule has 10 nitrogen and oxygen atoms in total. The van der Waals surface area contributed by atoms with Crippen LogP contribution in [0.5, 0.6) is 5.75 Å². The highest BCUT2D eigenvalue weighted by Crippen LogP contribution is 2.39. The number of thiophene rings is 1. The lowest BCUT2D eigenvalue weighted by atomic mass is 9.95. The lowest BCUT2D eigenvalue weighted by Crippen LogP contribution is -2.18. The Balaban J connectivity index is 1.49. The van der Waals surface area contributed by atoms with Crippen LogP contribution < -0.4 is 10.1 Å². The molecule has 2 heterocycles. The number of fused-ring (bicyclic) bond motifs is 1. The highest BCUT2D eigenvalue weighted by Gasteiger charge is 2.28. The maximum atomic E-state index is 13.5. The van der Waals surface area contributed by atoms with Gasteiger partial charge in [0.15, 0.2) is 12.4 Å². The Morgan fingerprint density at radius 3 is 2.80 bits per heavy atom. The first kappa shape index (κ1) is 24.3. The zero-order valence-electron chi connectivity index (χ0n) is 19.1. The summed E-state index contributed by atoms with van der Waals surface area (Å²) in [5.74, 6) is -1.94. The number of benzene rings is 1. The van der Waals surface area contributed by atoms with E-state index in [1.165, 1.54) is 28.3 Å². The van der Waals surface area contributed by atoms with Crippen molar-refractivity contribution in [3.8, 4) is 5.75 Å². The van der Waals surface area contributed by atoms with Gasteiger partial charge in [-0.2, -0.15) is 5.10 Å². The number of nitro benzene ring substituents is 1. The van der Waals surface area contributed by atoms with Gasteiger partial charge < -0.3 is 14.8 Å². The highest BCUT2D eigenvalue weighted by atomic mass is 32.1. The summed E-state index contributed by atoms with van der Waals surface area (Å²) in [4.78, 5) is 37.2. The van der Waals surface area contributed by atoms with Crippen molar-refractivity contribution < 1.29 is 28.4 Å². The largest absolute Gasteiger partial charge is 0.464 e. The van der Waals surface area contributed by atoms with Gasteiger partial charge in [-0.1, -0.05) is 0 Å². The van der Waals surface area contributed by atoms with Crippen LogP contribution >= 0.6 is 11.3 Å². The predicted molar refractivity (Wildman–Crippen MR) is 125 cm³/mol. The minimum absolute atomic E-state index is 0.0527. The Morgan fingerprint density at radius 2 is 2.06 bits per heavy atom. The number of aromatic nitrogens is 2. The molecule has 0 fully saturated rings. The van der Waals surface area contributed by atoms with Crippen molar-refractivity contribution in [2.45, 2.75) is 52.4 Å². The molecule has 0 aliphatic heterocycles. The molecule has 0 radical (unpaired) electrons. The fourth-order valence-electron chi connectivity index (χ4n) is 3.75. The SMILES string of the molecule is CC(C)OC(=O)c1c(NC(=O)c2ccn(COc3cc(F)ccc3[N+](=O)[O-])n2)sc2c1CCCC2. The zero-order chi connectivity index (χ0) is 25.1. The zero-order valence-corrected chi connectivity index (χ0v) is 19.9. The van der Waals surface area contributed by atoms with Crippen molar-refractivity contribution in [3.63, 3.8) is 0 Å². The molecule has 3 aromatic rings. The topological polar surface area (TPSA) is 126 Å². The maximum Gasteiger partial charge on any atom is 0.341 e. The number of anilines is 1. The third-order valence-electron chi connectivity index (χ3n) is 5.29. The number of ether oxygens (including phenoxy) is 2. The van der Waals surface area contributed by atoms with Crippen LogP contribution in [0.2, 0.25) is 0 Å². The van der Waals surface area contributed by atoms with Crippen LogP contribution in [0.15, 0.2) is 30.5 Å². The number of esters is 1. The monoisotopic (exact) mass is 502 g/mol. The van der Waals surface area contributed by atoms with Crippen LogP contribution in [0.1, 0.15) is 58.0 Å². The van der Waals surface area contributed by atoms with Gasteiger partial charge in [0, 0.05) is 23.2 Å². The van der Waals surface area contributed by atoms with Gasteiger partial charge in [-0.3, -0.25) is 14.9 Å². The minimum atomic E-state index is -0.684. The third-order valence-corrected chi connectivity index (χ3v) is 6.50. The Bertz CT molecular complexity index is 1290. The first-order valence-electron chi connectivity index (χ1n) is 11.0. The fourth-order valence-corrected chi connectivity index (χ4v) is 5.03. The quantitative estimate of drug-likeness (QED) is 0.268. The van der Waals surface area contributed by atoms with Gasteiger partial charge in [0.25, 0.3) is 5.91 Å². The number of nitro groups is 1. The van der Waals surface area contributed by atoms with Crippen molar-refractivity contribution >= 4 is 33.9 Å². The van der Waals surface area contributed by atoms with Crippen molar-refractivity contribution in [1.82, 2.24) is 9.78 Å². The Hall–Kier alpha value is -3.80.